The van der Waals surface area contributed by atoms with E-state index in [9.17, 15) is 14.7 Å². The lowest BCUT2D eigenvalue weighted by atomic mass is 10.0. The maximum Gasteiger partial charge on any atom is 0.306 e. The summed E-state index contributed by atoms with van der Waals surface area (Å²) in [6.07, 6.45) is 90.4. The minimum atomic E-state index is -0.784. The van der Waals surface area contributed by atoms with Gasteiger partial charge in [0.25, 0.3) is 0 Å². The van der Waals surface area contributed by atoms with E-state index in [2.05, 4.69) is 135 Å². The topological polar surface area (TPSA) is 72.8 Å². The fourth-order valence-corrected chi connectivity index (χ4v) is 8.25. The molecule has 5 nitrogen and oxygen atoms in total. The quantitative estimate of drug-likeness (QED) is 0.0373. The maximum absolute atomic E-state index is 12.3. The number of hydrogen-bond acceptors (Lipinski definition) is 5. The van der Waals surface area contributed by atoms with Crippen molar-refractivity contribution in [1.29, 1.82) is 0 Å². The van der Waals surface area contributed by atoms with Gasteiger partial charge in [0.05, 0.1) is 6.61 Å². The number of hydrogen-bond donors (Lipinski definition) is 1. The molecule has 0 spiro atoms. The summed E-state index contributed by atoms with van der Waals surface area (Å²) >= 11 is 0. The number of esters is 2. The minimum absolute atomic E-state index is 0.0760. The summed E-state index contributed by atoms with van der Waals surface area (Å²) in [6.45, 7) is 4.00. The first-order chi connectivity index (χ1) is 35.6. The normalized spacial score (nSPS) is 13.1. The first kappa shape index (κ1) is 68.3. The van der Waals surface area contributed by atoms with Gasteiger partial charge in [0.2, 0.25) is 0 Å². The molecular formula is C67H112O5. The third-order valence-corrected chi connectivity index (χ3v) is 12.7. The van der Waals surface area contributed by atoms with Gasteiger partial charge in [-0.05, 0) is 109 Å². The van der Waals surface area contributed by atoms with E-state index in [1.54, 1.807) is 0 Å². The fourth-order valence-electron chi connectivity index (χ4n) is 8.25. The highest BCUT2D eigenvalue weighted by Gasteiger charge is 2.16. The highest BCUT2D eigenvalue weighted by atomic mass is 16.6. The molecule has 0 bridgehead atoms. The van der Waals surface area contributed by atoms with E-state index in [0.29, 0.717) is 12.8 Å². The first-order valence-electron chi connectivity index (χ1n) is 30.1. The monoisotopic (exact) mass is 997 g/mol. The van der Waals surface area contributed by atoms with Gasteiger partial charge in [-0.2, -0.15) is 0 Å². The van der Waals surface area contributed by atoms with Gasteiger partial charge in [0.1, 0.15) is 6.61 Å². The number of allylic oxidation sites excluding steroid dienone is 20. The Morgan fingerprint density at radius 3 is 0.903 bits per heavy atom. The van der Waals surface area contributed by atoms with Crippen molar-refractivity contribution < 1.29 is 24.2 Å². The van der Waals surface area contributed by atoms with Crippen molar-refractivity contribution in [3.05, 3.63) is 122 Å². The molecule has 0 aromatic heterocycles. The van der Waals surface area contributed by atoms with Crippen molar-refractivity contribution in [1.82, 2.24) is 0 Å². The second kappa shape index (κ2) is 61.6. The van der Waals surface area contributed by atoms with E-state index in [-0.39, 0.29) is 25.2 Å². The van der Waals surface area contributed by atoms with E-state index < -0.39 is 6.10 Å². The van der Waals surface area contributed by atoms with E-state index in [1.165, 1.54) is 141 Å². The van der Waals surface area contributed by atoms with Crippen molar-refractivity contribution in [3.63, 3.8) is 0 Å². The minimum Gasteiger partial charge on any atom is -0.462 e. The van der Waals surface area contributed by atoms with Crippen LogP contribution in [0.2, 0.25) is 0 Å². The molecule has 0 amide bonds. The maximum atomic E-state index is 12.3. The van der Waals surface area contributed by atoms with Crippen LogP contribution in [0.4, 0.5) is 0 Å². The van der Waals surface area contributed by atoms with E-state index >= 15 is 0 Å². The molecular weight excluding hydrogens is 885 g/mol. The molecule has 0 radical (unpaired) electrons. The summed E-state index contributed by atoms with van der Waals surface area (Å²) in [7, 11) is 0. The molecule has 1 atom stereocenters. The zero-order valence-corrected chi connectivity index (χ0v) is 46.9. The van der Waals surface area contributed by atoms with Crippen LogP contribution in [0.3, 0.4) is 0 Å². The van der Waals surface area contributed by atoms with Gasteiger partial charge >= 0.3 is 11.9 Å². The predicted octanol–water partition coefficient (Wildman–Crippen LogP) is 20.6. The van der Waals surface area contributed by atoms with Crippen LogP contribution < -0.4 is 0 Å². The Labute approximate surface area is 445 Å². The Hall–Kier alpha value is -3.70. The van der Waals surface area contributed by atoms with Crippen LogP contribution in [0.25, 0.3) is 0 Å². The second-order valence-electron chi connectivity index (χ2n) is 19.7. The molecule has 0 saturated carbocycles. The lowest BCUT2D eigenvalue weighted by Gasteiger charge is -2.15. The van der Waals surface area contributed by atoms with Gasteiger partial charge in [-0.25, -0.2) is 0 Å². The summed E-state index contributed by atoms with van der Waals surface area (Å²) in [6, 6.07) is 0. The van der Waals surface area contributed by atoms with Gasteiger partial charge in [-0.3, -0.25) is 9.59 Å². The first-order valence-corrected chi connectivity index (χ1v) is 30.1. The van der Waals surface area contributed by atoms with Gasteiger partial charge in [0, 0.05) is 12.8 Å². The van der Waals surface area contributed by atoms with E-state index in [0.717, 1.165) is 103 Å². The van der Waals surface area contributed by atoms with Crippen LogP contribution in [0.1, 0.15) is 271 Å². The predicted molar refractivity (Wildman–Crippen MR) is 315 cm³/mol. The Bertz CT molecular complexity index is 1450. The Morgan fingerprint density at radius 1 is 0.333 bits per heavy atom. The van der Waals surface area contributed by atoms with E-state index in [4.69, 9.17) is 9.47 Å². The molecule has 0 aromatic rings. The summed E-state index contributed by atoms with van der Waals surface area (Å²) in [4.78, 5) is 24.5. The number of rotatable bonds is 54. The van der Waals surface area contributed by atoms with Crippen molar-refractivity contribution in [2.24, 2.45) is 0 Å². The number of ether oxygens (including phenoxy) is 2. The standard InChI is InChI=1S/C67H112O5/c1-3-5-7-9-11-13-15-17-19-21-23-24-25-26-27-28-29-30-31-32-33-34-35-36-37-38-39-40-41-42-44-46-48-50-52-54-56-58-60-62-67(70)72-65(63-68)64-71-66(69)61-59-57-55-53-51-49-47-45-43-22-20-18-16-14-12-10-8-6-4-2/h5,7,11-14,17-20,23-24,26-27,29-30,32-33,43,45,65,68H,3-4,6,8-10,15-16,21-22,25,28,31,34-42,44,46-64H2,1-2H3/b7-5-,13-11-,14-12-,19-17-,20-18-,24-23-,27-26-,30-29-,33-32-,45-43-. The molecule has 0 heterocycles. The number of carbonyl (C=O) groups excluding carboxylic acids is 2. The zero-order valence-electron chi connectivity index (χ0n) is 46.9. The van der Waals surface area contributed by atoms with Gasteiger partial charge in [-0.1, -0.05) is 270 Å². The number of aliphatic hydroxyl groups is 1. The zero-order chi connectivity index (χ0) is 52.0. The third kappa shape index (κ3) is 58.9. The summed E-state index contributed by atoms with van der Waals surface area (Å²) in [5.74, 6) is -0.603. The van der Waals surface area contributed by atoms with E-state index in [1.807, 2.05) is 0 Å². The third-order valence-electron chi connectivity index (χ3n) is 12.7. The lowest BCUT2D eigenvalue weighted by Crippen LogP contribution is -2.28. The molecule has 0 aliphatic carbocycles. The largest absolute Gasteiger partial charge is 0.462 e. The molecule has 0 aromatic carbocycles. The molecule has 410 valence electrons. The average molecular weight is 998 g/mol. The molecule has 0 aliphatic heterocycles. The van der Waals surface area contributed by atoms with Crippen LogP contribution >= 0.6 is 0 Å². The molecule has 0 rings (SSSR count). The van der Waals surface area contributed by atoms with Crippen molar-refractivity contribution in [2.75, 3.05) is 13.2 Å². The molecule has 72 heavy (non-hydrogen) atoms. The van der Waals surface area contributed by atoms with Crippen LogP contribution in [0.5, 0.6) is 0 Å². The van der Waals surface area contributed by atoms with Crippen molar-refractivity contribution >= 4 is 11.9 Å². The number of carbonyl (C=O) groups is 2. The molecule has 1 unspecified atom stereocenters. The van der Waals surface area contributed by atoms with Crippen LogP contribution in [0, 0.1) is 0 Å². The highest BCUT2D eigenvalue weighted by molar-refractivity contribution is 5.70. The number of aliphatic hydroxyl groups excluding tert-OH is 1. The molecule has 0 fully saturated rings. The van der Waals surface area contributed by atoms with Crippen molar-refractivity contribution in [2.45, 2.75) is 277 Å². The van der Waals surface area contributed by atoms with Gasteiger partial charge < -0.3 is 14.6 Å². The smallest absolute Gasteiger partial charge is 0.306 e. The Balaban J connectivity index is 3.50. The Morgan fingerprint density at radius 2 is 0.597 bits per heavy atom. The number of unbranched alkanes of at least 4 members (excludes halogenated alkanes) is 26. The van der Waals surface area contributed by atoms with Crippen LogP contribution in [-0.4, -0.2) is 36.4 Å². The molecule has 5 heteroatoms. The van der Waals surface area contributed by atoms with Crippen molar-refractivity contribution in [3.8, 4) is 0 Å². The molecule has 1 N–H and O–H groups in total. The van der Waals surface area contributed by atoms with Gasteiger partial charge in [0.15, 0.2) is 6.10 Å². The molecule has 0 saturated heterocycles. The summed E-state index contributed by atoms with van der Waals surface area (Å²) < 4.78 is 10.7. The Kier molecular flexibility index (Phi) is 58.4. The summed E-state index contributed by atoms with van der Waals surface area (Å²) in [5, 5.41) is 9.66. The second-order valence-corrected chi connectivity index (χ2v) is 19.7. The average Bonchev–Trinajstić information content (AvgIpc) is 3.38. The fraction of sp³-hybridized carbons (Fsp3) is 0.672. The summed E-state index contributed by atoms with van der Waals surface area (Å²) in [5.41, 5.74) is 0. The van der Waals surface area contributed by atoms with Gasteiger partial charge in [-0.15, -0.1) is 0 Å². The van der Waals surface area contributed by atoms with Crippen LogP contribution in [-0.2, 0) is 19.1 Å². The van der Waals surface area contributed by atoms with Crippen LogP contribution in [0.15, 0.2) is 122 Å². The SMILES string of the molecule is CC/C=C\C/C=C\C/C=C\C/C=C\C/C=C\C/C=C\C/C=C\CCCCCCCCCCCCCCCCCCCC(=O)OC(CO)COC(=O)CCCCCCCC/C=C\C/C=C\C/C=C\CCCCC. The highest BCUT2D eigenvalue weighted by Crippen LogP contribution is 2.16. The molecule has 0 aliphatic rings. The lowest BCUT2D eigenvalue weighted by molar-refractivity contribution is -0.161.